The Hall–Kier alpha value is -3.61. The first-order valence-corrected chi connectivity index (χ1v) is 10.2. The number of aryl methyl sites for hydroxylation is 1. The van der Waals surface area contributed by atoms with Crippen LogP contribution < -0.4 is 10.1 Å². The minimum absolute atomic E-state index is 0.193. The van der Waals surface area contributed by atoms with Gasteiger partial charge in [0.2, 0.25) is 5.91 Å². The van der Waals surface area contributed by atoms with Gasteiger partial charge in [0.15, 0.2) is 5.76 Å². The maximum absolute atomic E-state index is 14.1. The summed E-state index contributed by atoms with van der Waals surface area (Å²) < 4.78 is 24.9. The van der Waals surface area contributed by atoms with Crippen molar-refractivity contribution in [1.29, 1.82) is 0 Å². The number of benzene rings is 2. The van der Waals surface area contributed by atoms with Gasteiger partial charge in [-0.05, 0) is 56.7 Å². The lowest BCUT2D eigenvalue weighted by atomic mass is 9.93. The molecule has 0 aliphatic heterocycles. The number of carbonyl (C=O) groups is 1. The Labute approximate surface area is 179 Å². The van der Waals surface area contributed by atoms with Gasteiger partial charge in [0.1, 0.15) is 11.6 Å². The number of aromatic nitrogens is 2. The van der Waals surface area contributed by atoms with Crippen LogP contribution in [0.3, 0.4) is 0 Å². The first-order chi connectivity index (χ1) is 15.0. The molecule has 2 aromatic carbocycles. The van der Waals surface area contributed by atoms with Gasteiger partial charge in [-0.3, -0.25) is 4.79 Å². The topological polar surface area (TPSA) is 80.2 Å². The molecule has 6 nitrogen and oxygen atoms in total. The van der Waals surface area contributed by atoms with E-state index in [0.717, 1.165) is 33.8 Å². The lowest BCUT2D eigenvalue weighted by molar-refractivity contribution is -0.122. The van der Waals surface area contributed by atoms with Gasteiger partial charge in [0.05, 0.1) is 30.5 Å². The Kier molecular flexibility index (Phi) is 5.75. The van der Waals surface area contributed by atoms with Gasteiger partial charge in [0, 0.05) is 22.5 Å². The molecule has 0 aliphatic rings. The number of carbonyl (C=O) groups excluding carboxylic acids is 1. The molecule has 2 aromatic heterocycles. The van der Waals surface area contributed by atoms with Gasteiger partial charge in [-0.2, -0.15) is 0 Å². The predicted molar refractivity (Wildman–Crippen MR) is 116 cm³/mol. The molecule has 7 heteroatoms. The van der Waals surface area contributed by atoms with Crippen molar-refractivity contribution in [2.24, 2.45) is 0 Å². The minimum Gasteiger partial charge on any atom is -0.494 e. The van der Waals surface area contributed by atoms with E-state index in [4.69, 9.17) is 9.26 Å². The Morgan fingerprint density at radius 2 is 2.10 bits per heavy atom. The highest BCUT2D eigenvalue weighted by Gasteiger charge is 2.24. The van der Waals surface area contributed by atoms with Gasteiger partial charge in [-0.25, -0.2) is 4.39 Å². The summed E-state index contributed by atoms with van der Waals surface area (Å²) >= 11 is 0. The number of H-pyrrole nitrogens is 1. The van der Waals surface area contributed by atoms with E-state index in [0.29, 0.717) is 17.8 Å². The van der Waals surface area contributed by atoms with E-state index < -0.39 is 5.92 Å². The highest BCUT2D eigenvalue weighted by Crippen LogP contribution is 2.37. The van der Waals surface area contributed by atoms with E-state index in [1.165, 1.54) is 12.1 Å². The summed E-state index contributed by atoms with van der Waals surface area (Å²) in [5.74, 6) is 0.222. The van der Waals surface area contributed by atoms with Gasteiger partial charge in [0.25, 0.3) is 0 Å². The molecule has 2 heterocycles. The van der Waals surface area contributed by atoms with Gasteiger partial charge < -0.3 is 19.6 Å². The summed E-state index contributed by atoms with van der Waals surface area (Å²) in [5, 5.41) is 7.39. The van der Waals surface area contributed by atoms with Crippen molar-refractivity contribution in [1.82, 2.24) is 15.5 Å². The number of amides is 1. The molecule has 0 saturated carbocycles. The fourth-order valence-corrected chi connectivity index (χ4v) is 3.73. The summed E-state index contributed by atoms with van der Waals surface area (Å²) in [5.41, 5.74) is 3.87. The van der Waals surface area contributed by atoms with Crippen LogP contribution in [-0.2, 0) is 11.3 Å². The molecule has 0 aliphatic carbocycles. The number of hydrogen-bond donors (Lipinski definition) is 2. The first kappa shape index (κ1) is 20.7. The van der Waals surface area contributed by atoms with E-state index in [9.17, 15) is 9.18 Å². The molecular weight excluding hydrogens is 397 g/mol. The number of ether oxygens (including phenoxy) is 1. The van der Waals surface area contributed by atoms with Crippen LogP contribution in [0.1, 0.15) is 36.8 Å². The van der Waals surface area contributed by atoms with Crippen LogP contribution in [0.2, 0.25) is 0 Å². The van der Waals surface area contributed by atoms with Crippen molar-refractivity contribution in [3.05, 3.63) is 71.4 Å². The van der Waals surface area contributed by atoms with Gasteiger partial charge in [-0.15, -0.1) is 0 Å². The molecule has 1 unspecified atom stereocenters. The molecule has 4 aromatic rings. The fraction of sp³-hybridized carbons (Fsp3) is 0.250. The van der Waals surface area contributed by atoms with Crippen LogP contribution in [0, 0.1) is 12.7 Å². The predicted octanol–water partition coefficient (Wildman–Crippen LogP) is 5.09. The monoisotopic (exact) mass is 421 g/mol. The molecule has 160 valence electrons. The SMILES string of the molecule is CCOc1cccc(-c2[nH]c3ccc(F)cc3c2C(C)C(=O)NCc2cc(C)no2)c1. The highest BCUT2D eigenvalue weighted by atomic mass is 19.1. The number of fused-ring (bicyclic) bond motifs is 1. The Morgan fingerprint density at radius 3 is 2.84 bits per heavy atom. The second kappa shape index (κ2) is 8.63. The van der Waals surface area contributed by atoms with Crippen LogP contribution in [-0.4, -0.2) is 22.7 Å². The third-order valence-electron chi connectivity index (χ3n) is 5.17. The summed E-state index contributed by atoms with van der Waals surface area (Å²) in [6.07, 6.45) is 0. The summed E-state index contributed by atoms with van der Waals surface area (Å²) in [6, 6.07) is 14.0. The zero-order valence-corrected chi connectivity index (χ0v) is 17.7. The number of halogens is 1. The number of rotatable bonds is 7. The van der Waals surface area contributed by atoms with Crippen molar-refractivity contribution in [2.45, 2.75) is 33.2 Å². The third-order valence-corrected chi connectivity index (χ3v) is 5.17. The zero-order chi connectivity index (χ0) is 22.0. The number of nitrogens with zero attached hydrogens (tertiary/aromatic N) is 1. The molecule has 4 rings (SSSR count). The molecule has 0 saturated heterocycles. The molecule has 31 heavy (non-hydrogen) atoms. The van der Waals surface area contributed by atoms with Crippen molar-refractivity contribution in [2.75, 3.05) is 6.61 Å². The molecule has 0 spiro atoms. The smallest absolute Gasteiger partial charge is 0.227 e. The molecule has 1 atom stereocenters. The molecule has 0 bridgehead atoms. The summed E-state index contributed by atoms with van der Waals surface area (Å²) in [6.45, 7) is 6.33. The van der Waals surface area contributed by atoms with E-state index in [1.807, 2.05) is 45.0 Å². The molecule has 1 amide bonds. The Bertz CT molecular complexity index is 1230. The standard InChI is InChI=1S/C24H24FN3O3/c1-4-30-18-7-5-6-16(11-18)23-22(20-12-17(25)8-9-21(20)27-23)15(3)24(29)26-13-19-10-14(2)28-31-19/h5-12,15,27H,4,13H2,1-3H3,(H,26,29). The first-order valence-electron chi connectivity index (χ1n) is 10.2. The van der Waals surface area contributed by atoms with Crippen molar-refractivity contribution in [3.8, 4) is 17.0 Å². The van der Waals surface area contributed by atoms with E-state index in [1.54, 1.807) is 12.1 Å². The Morgan fingerprint density at radius 1 is 1.26 bits per heavy atom. The van der Waals surface area contributed by atoms with Crippen LogP contribution in [0.4, 0.5) is 4.39 Å². The van der Waals surface area contributed by atoms with Crippen LogP contribution in [0.5, 0.6) is 5.75 Å². The second-order valence-electron chi connectivity index (χ2n) is 7.44. The van der Waals surface area contributed by atoms with Crippen molar-refractivity contribution in [3.63, 3.8) is 0 Å². The lowest BCUT2D eigenvalue weighted by Crippen LogP contribution is -2.27. The summed E-state index contributed by atoms with van der Waals surface area (Å²) in [7, 11) is 0. The largest absolute Gasteiger partial charge is 0.494 e. The van der Waals surface area contributed by atoms with Crippen LogP contribution in [0.25, 0.3) is 22.2 Å². The number of nitrogens with one attached hydrogen (secondary N) is 2. The van der Waals surface area contributed by atoms with Gasteiger partial charge in [-0.1, -0.05) is 17.3 Å². The quantitative estimate of drug-likeness (QED) is 0.436. The van der Waals surface area contributed by atoms with Crippen molar-refractivity contribution >= 4 is 16.8 Å². The van der Waals surface area contributed by atoms with Crippen LogP contribution in [0.15, 0.2) is 53.1 Å². The zero-order valence-electron chi connectivity index (χ0n) is 17.7. The average Bonchev–Trinajstić information content (AvgIpc) is 3.35. The highest BCUT2D eigenvalue weighted by molar-refractivity contribution is 5.97. The maximum atomic E-state index is 14.1. The Balaban J connectivity index is 1.72. The molecule has 0 fully saturated rings. The molecule has 0 radical (unpaired) electrons. The van der Waals surface area contributed by atoms with Crippen molar-refractivity contribution < 1.29 is 18.4 Å². The summed E-state index contributed by atoms with van der Waals surface area (Å²) in [4.78, 5) is 16.4. The maximum Gasteiger partial charge on any atom is 0.227 e. The number of hydrogen-bond acceptors (Lipinski definition) is 4. The minimum atomic E-state index is -0.537. The second-order valence-corrected chi connectivity index (χ2v) is 7.44. The van der Waals surface area contributed by atoms with E-state index in [2.05, 4.69) is 15.5 Å². The van der Waals surface area contributed by atoms with E-state index >= 15 is 0 Å². The average molecular weight is 421 g/mol. The molecular formula is C24H24FN3O3. The molecule has 2 N–H and O–H groups in total. The lowest BCUT2D eigenvalue weighted by Gasteiger charge is -2.14. The normalized spacial score (nSPS) is 12.1. The van der Waals surface area contributed by atoms with Gasteiger partial charge >= 0.3 is 0 Å². The van der Waals surface area contributed by atoms with Crippen LogP contribution >= 0.6 is 0 Å². The fourth-order valence-electron chi connectivity index (χ4n) is 3.73. The number of aromatic amines is 1. The third kappa shape index (κ3) is 4.30. The van der Waals surface area contributed by atoms with E-state index in [-0.39, 0.29) is 18.3 Å².